The maximum absolute atomic E-state index is 13.4. The Morgan fingerprint density at radius 1 is 1.22 bits per heavy atom. The number of hydrogen-bond acceptors (Lipinski definition) is 4. The first kappa shape index (κ1) is 21.8. The number of aryl methyl sites for hydroxylation is 1. The number of hydrogen-bond donors (Lipinski definition) is 0. The second-order valence-electron chi connectivity index (χ2n) is 9.32. The summed E-state index contributed by atoms with van der Waals surface area (Å²) in [6, 6.07) is 6.27. The molecule has 32 heavy (non-hydrogen) atoms. The number of nitrogens with zero attached hydrogens (tertiary/aromatic N) is 4. The van der Waals surface area contributed by atoms with Crippen molar-refractivity contribution in [1.82, 2.24) is 19.6 Å². The molecular formula is C25H33ClN4O2. The van der Waals surface area contributed by atoms with E-state index in [1.165, 1.54) is 17.7 Å². The summed E-state index contributed by atoms with van der Waals surface area (Å²) < 4.78 is 8.11. The zero-order valence-corrected chi connectivity index (χ0v) is 19.7. The van der Waals surface area contributed by atoms with Crippen LogP contribution in [-0.2, 0) is 25.9 Å². The molecule has 3 aliphatic rings. The average Bonchev–Trinajstić information content (AvgIpc) is 3.03. The summed E-state index contributed by atoms with van der Waals surface area (Å²) in [5.41, 5.74) is 4.31. The maximum Gasteiger partial charge on any atom is 0.274 e. The van der Waals surface area contributed by atoms with Crippen LogP contribution in [0.15, 0.2) is 18.2 Å². The lowest BCUT2D eigenvalue weighted by Gasteiger charge is -2.34. The van der Waals surface area contributed by atoms with Crippen LogP contribution in [0.2, 0.25) is 5.02 Å². The lowest BCUT2D eigenvalue weighted by molar-refractivity contribution is 0.0715. The van der Waals surface area contributed by atoms with E-state index in [0.717, 1.165) is 87.6 Å². The van der Waals surface area contributed by atoms with E-state index in [9.17, 15) is 4.79 Å². The quantitative estimate of drug-likeness (QED) is 0.687. The highest BCUT2D eigenvalue weighted by molar-refractivity contribution is 6.30. The van der Waals surface area contributed by atoms with Crippen molar-refractivity contribution < 1.29 is 9.53 Å². The van der Waals surface area contributed by atoms with Crippen molar-refractivity contribution in [2.75, 3.05) is 26.2 Å². The van der Waals surface area contributed by atoms with E-state index in [4.69, 9.17) is 21.4 Å². The topological polar surface area (TPSA) is 50.6 Å². The van der Waals surface area contributed by atoms with E-state index in [0.29, 0.717) is 18.3 Å². The number of fused-ring (bicyclic) bond motifs is 2. The highest BCUT2D eigenvalue weighted by atomic mass is 35.5. The second-order valence-corrected chi connectivity index (χ2v) is 9.75. The summed E-state index contributed by atoms with van der Waals surface area (Å²) in [6.07, 6.45) is 7.37. The highest BCUT2D eigenvalue weighted by Crippen LogP contribution is 2.32. The number of carbonyl (C=O) groups is 1. The number of benzene rings is 1. The van der Waals surface area contributed by atoms with Crippen molar-refractivity contribution in [3.63, 3.8) is 0 Å². The molecule has 0 bridgehead atoms. The summed E-state index contributed by atoms with van der Waals surface area (Å²) in [6.45, 7) is 7.15. The maximum atomic E-state index is 13.4. The van der Waals surface area contributed by atoms with Crippen molar-refractivity contribution in [2.24, 2.45) is 0 Å². The fourth-order valence-corrected chi connectivity index (χ4v) is 5.69. The molecule has 5 rings (SSSR count). The van der Waals surface area contributed by atoms with Crippen LogP contribution in [0.1, 0.15) is 66.3 Å². The molecule has 2 aliphatic heterocycles. The zero-order chi connectivity index (χ0) is 22.1. The van der Waals surface area contributed by atoms with E-state index in [-0.39, 0.29) is 5.91 Å². The third-order valence-electron chi connectivity index (χ3n) is 7.15. The predicted octanol–water partition coefficient (Wildman–Crippen LogP) is 4.32. The largest absolute Gasteiger partial charge is 0.492 e. The molecule has 2 aromatic rings. The number of ether oxygens (including phenoxy) is 1. The Hall–Kier alpha value is -2.05. The summed E-state index contributed by atoms with van der Waals surface area (Å²) in [4.78, 5) is 18.0. The first-order valence-corrected chi connectivity index (χ1v) is 12.5. The molecule has 0 spiro atoms. The Bertz CT molecular complexity index is 983. The van der Waals surface area contributed by atoms with Crippen LogP contribution >= 0.6 is 11.6 Å². The lowest BCUT2D eigenvalue weighted by Crippen LogP contribution is -2.41. The normalized spacial score (nSPS) is 21.4. The second kappa shape index (κ2) is 9.44. The highest BCUT2D eigenvalue weighted by Gasteiger charge is 2.34. The molecule has 172 valence electrons. The third kappa shape index (κ3) is 4.27. The Morgan fingerprint density at radius 2 is 2.06 bits per heavy atom. The van der Waals surface area contributed by atoms with Crippen molar-refractivity contribution in [3.8, 4) is 5.75 Å². The molecule has 0 N–H and O–H groups in total. The zero-order valence-electron chi connectivity index (χ0n) is 19.0. The van der Waals surface area contributed by atoms with Gasteiger partial charge >= 0.3 is 0 Å². The van der Waals surface area contributed by atoms with E-state index in [1.807, 2.05) is 23.1 Å². The van der Waals surface area contributed by atoms with Gasteiger partial charge in [-0.25, -0.2) is 0 Å². The minimum Gasteiger partial charge on any atom is -0.492 e. The van der Waals surface area contributed by atoms with Crippen molar-refractivity contribution in [3.05, 3.63) is 45.7 Å². The monoisotopic (exact) mass is 456 g/mol. The van der Waals surface area contributed by atoms with Crippen LogP contribution in [0.25, 0.3) is 0 Å². The molecule has 1 aromatic carbocycles. The van der Waals surface area contributed by atoms with Crippen LogP contribution in [0, 0.1) is 0 Å². The van der Waals surface area contributed by atoms with Gasteiger partial charge in [-0.15, -0.1) is 0 Å². The van der Waals surface area contributed by atoms with Gasteiger partial charge in [-0.3, -0.25) is 14.4 Å². The predicted molar refractivity (Wildman–Crippen MR) is 125 cm³/mol. The third-order valence-corrected chi connectivity index (χ3v) is 7.39. The van der Waals surface area contributed by atoms with Crippen LogP contribution in [0.4, 0.5) is 0 Å². The smallest absolute Gasteiger partial charge is 0.274 e. The summed E-state index contributed by atoms with van der Waals surface area (Å²) in [5, 5.41) is 5.61. The first-order valence-electron chi connectivity index (χ1n) is 12.2. The standard InChI is InChI=1S/C25H33ClN4O2/c1-2-10-30-22-8-7-20(29-13-14-32-23-9-6-19(26)15-18(23)17-29)16-21(22)24(27-30)25(31)28-11-4-3-5-12-28/h6,9,15,20H,2-5,7-8,10-14,16-17H2,1H3. The molecule has 6 nitrogen and oxygen atoms in total. The van der Waals surface area contributed by atoms with E-state index in [2.05, 4.69) is 16.5 Å². The summed E-state index contributed by atoms with van der Waals surface area (Å²) >= 11 is 6.27. The number of carbonyl (C=O) groups excluding carboxylic acids is 1. The summed E-state index contributed by atoms with van der Waals surface area (Å²) in [5.74, 6) is 1.07. The van der Waals surface area contributed by atoms with Gasteiger partial charge in [0.1, 0.15) is 12.4 Å². The SMILES string of the molecule is CCCn1nc(C(=O)N2CCCCC2)c2c1CCC(N1CCOc3ccc(Cl)cc3C1)C2. The fourth-order valence-electron chi connectivity index (χ4n) is 5.49. The molecule has 0 radical (unpaired) electrons. The van der Waals surface area contributed by atoms with Crippen LogP contribution in [0.3, 0.4) is 0 Å². The van der Waals surface area contributed by atoms with Crippen LogP contribution in [0.5, 0.6) is 5.75 Å². The summed E-state index contributed by atoms with van der Waals surface area (Å²) in [7, 11) is 0. The van der Waals surface area contributed by atoms with Gasteiger partial charge in [0.15, 0.2) is 5.69 Å². The van der Waals surface area contributed by atoms with Gasteiger partial charge in [0.2, 0.25) is 0 Å². The number of aromatic nitrogens is 2. The molecule has 3 heterocycles. The van der Waals surface area contributed by atoms with Gasteiger partial charge in [0.05, 0.1) is 0 Å². The number of rotatable bonds is 4. The first-order chi connectivity index (χ1) is 15.6. The van der Waals surface area contributed by atoms with Gasteiger partial charge in [-0.2, -0.15) is 5.10 Å². The molecule has 7 heteroatoms. The Morgan fingerprint density at radius 3 is 2.88 bits per heavy atom. The number of piperidine rings is 1. The van der Waals surface area contributed by atoms with Gasteiger partial charge in [-0.05, 0) is 63.1 Å². The number of likely N-dealkylation sites (tertiary alicyclic amines) is 1. The Kier molecular flexibility index (Phi) is 6.42. The number of amides is 1. The molecule has 0 saturated carbocycles. The van der Waals surface area contributed by atoms with Gasteiger partial charge in [0, 0.05) is 60.6 Å². The van der Waals surface area contributed by atoms with Gasteiger partial charge < -0.3 is 9.64 Å². The molecule has 1 aliphatic carbocycles. The molecule has 1 aromatic heterocycles. The van der Waals surface area contributed by atoms with Crippen LogP contribution in [-0.4, -0.2) is 57.8 Å². The van der Waals surface area contributed by atoms with Crippen molar-refractivity contribution >= 4 is 17.5 Å². The Balaban J connectivity index is 1.41. The molecule has 1 saturated heterocycles. The van der Waals surface area contributed by atoms with Crippen molar-refractivity contribution in [2.45, 2.75) is 71.0 Å². The van der Waals surface area contributed by atoms with Gasteiger partial charge in [0.25, 0.3) is 5.91 Å². The van der Waals surface area contributed by atoms with Crippen molar-refractivity contribution in [1.29, 1.82) is 0 Å². The lowest BCUT2D eigenvalue weighted by atomic mass is 9.89. The molecule has 1 amide bonds. The van der Waals surface area contributed by atoms with E-state index < -0.39 is 0 Å². The fraction of sp³-hybridized carbons (Fsp3) is 0.600. The molecular weight excluding hydrogens is 424 g/mol. The van der Waals surface area contributed by atoms with Crippen LogP contribution < -0.4 is 4.74 Å². The molecule has 1 unspecified atom stereocenters. The average molecular weight is 457 g/mol. The number of halogens is 1. The Labute approximate surface area is 195 Å². The van der Waals surface area contributed by atoms with E-state index in [1.54, 1.807) is 0 Å². The minimum atomic E-state index is 0.132. The van der Waals surface area contributed by atoms with Gasteiger partial charge in [-0.1, -0.05) is 18.5 Å². The molecule has 1 fully saturated rings. The van der Waals surface area contributed by atoms with E-state index >= 15 is 0 Å². The minimum absolute atomic E-state index is 0.132. The molecule has 1 atom stereocenters.